The molecular formula is C23H24N6OS. The summed E-state index contributed by atoms with van der Waals surface area (Å²) in [6, 6.07) is 18.0. The summed E-state index contributed by atoms with van der Waals surface area (Å²) >= 11 is 5.38. The third-order valence-corrected chi connectivity index (χ3v) is 5.43. The van der Waals surface area contributed by atoms with Crippen LogP contribution in [0.15, 0.2) is 67.0 Å². The van der Waals surface area contributed by atoms with Crippen molar-refractivity contribution in [3.8, 4) is 17.1 Å². The fraction of sp³-hybridized carbons (Fsp3) is 0.217. The predicted octanol–water partition coefficient (Wildman–Crippen LogP) is 4.15. The summed E-state index contributed by atoms with van der Waals surface area (Å²) in [5, 5.41) is 11.6. The number of aryl methyl sites for hydroxylation is 1. The first-order valence-corrected chi connectivity index (χ1v) is 10.5. The van der Waals surface area contributed by atoms with Gasteiger partial charge in [0.15, 0.2) is 10.6 Å². The molecule has 0 fully saturated rings. The van der Waals surface area contributed by atoms with Crippen LogP contribution < -0.4 is 0 Å². The molecule has 2 aromatic heterocycles. The van der Waals surface area contributed by atoms with Gasteiger partial charge in [0.1, 0.15) is 0 Å². The highest BCUT2D eigenvalue weighted by Crippen LogP contribution is 2.18. The number of H-pyrrole nitrogens is 1. The third-order valence-electron chi connectivity index (χ3n) is 5.12. The van der Waals surface area contributed by atoms with E-state index in [2.05, 4.69) is 15.3 Å². The van der Waals surface area contributed by atoms with E-state index in [1.807, 2.05) is 77.0 Å². The van der Waals surface area contributed by atoms with E-state index in [1.165, 1.54) is 5.56 Å². The second-order valence-electron chi connectivity index (χ2n) is 7.50. The van der Waals surface area contributed by atoms with Crippen molar-refractivity contribution in [2.45, 2.75) is 26.4 Å². The summed E-state index contributed by atoms with van der Waals surface area (Å²) < 4.78 is 4.20. The largest absolute Gasteiger partial charge is 0.341 e. The molecule has 8 heteroatoms. The van der Waals surface area contributed by atoms with E-state index in [-0.39, 0.29) is 5.91 Å². The van der Waals surface area contributed by atoms with Crippen LogP contribution in [0.3, 0.4) is 0 Å². The fourth-order valence-electron chi connectivity index (χ4n) is 3.37. The van der Waals surface area contributed by atoms with Crippen LogP contribution in [0.4, 0.5) is 0 Å². The number of carbonyl (C=O) groups is 1. The van der Waals surface area contributed by atoms with E-state index in [1.54, 1.807) is 18.1 Å². The quantitative estimate of drug-likeness (QED) is 0.445. The number of hydrogen-bond donors (Lipinski definition) is 1. The Morgan fingerprint density at radius 1 is 1.13 bits per heavy atom. The highest BCUT2D eigenvalue weighted by molar-refractivity contribution is 7.71. The summed E-state index contributed by atoms with van der Waals surface area (Å²) in [6.45, 7) is 3.00. The van der Waals surface area contributed by atoms with Gasteiger partial charge in [-0.05, 0) is 31.3 Å². The first-order chi connectivity index (χ1) is 15.0. The Hall–Kier alpha value is -3.52. The molecule has 2 heterocycles. The Balaban J connectivity index is 1.39. The summed E-state index contributed by atoms with van der Waals surface area (Å²) in [7, 11) is 1.80. The Kier molecular flexibility index (Phi) is 6.08. The number of aromatic nitrogens is 5. The van der Waals surface area contributed by atoms with E-state index in [0.29, 0.717) is 24.3 Å². The lowest BCUT2D eigenvalue weighted by Gasteiger charge is -2.16. The Labute approximate surface area is 186 Å². The molecule has 158 valence electrons. The van der Waals surface area contributed by atoms with Crippen molar-refractivity contribution in [3.63, 3.8) is 0 Å². The molecule has 4 rings (SSSR count). The number of aromatic amines is 1. The van der Waals surface area contributed by atoms with E-state index >= 15 is 0 Å². The zero-order valence-electron chi connectivity index (χ0n) is 17.5. The summed E-state index contributed by atoms with van der Waals surface area (Å²) in [6.07, 6.45) is 4.06. The van der Waals surface area contributed by atoms with Crippen molar-refractivity contribution < 1.29 is 4.79 Å². The van der Waals surface area contributed by atoms with Crippen LogP contribution in [-0.2, 0) is 17.9 Å². The Bertz CT molecular complexity index is 1220. The van der Waals surface area contributed by atoms with Crippen molar-refractivity contribution in [2.24, 2.45) is 0 Å². The molecule has 31 heavy (non-hydrogen) atoms. The molecule has 1 N–H and O–H groups in total. The number of para-hydroxylation sites is 1. The van der Waals surface area contributed by atoms with Crippen LogP contribution in [0.5, 0.6) is 0 Å². The van der Waals surface area contributed by atoms with Crippen LogP contribution in [0.1, 0.15) is 17.5 Å². The first kappa shape index (κ1) is 20.7. The topological polar surface area (TPSA) is 71.7 Å². The summed E-state index contributed by atoms with van der Waals surface area (Å²) in [5.41, 5.74) is 4.10. The van der Waals surface area contributed by atoms with Crippen molar-refractivity contribution in [2.75, 3.05) is 7.05 Å². The van der Waals surface area contributed by atoms with Crippen LogP contribution in [0.2, 0.25) is 0 Å². The maximum atomic E-state index is 12.7. The number of rotatable bonds is 7. The monoisotopic (exact) mass is 432 g/mol. The minimum atomic E-state index is 0.0328. The molecule has 0 saturated carbocycles. The van der Waals surface area contributed by atoms with Gasteiger partial charge in [-0.1, -0.05) is 48.0 Å². The van der Waals surface area contributed by atoms with Crippen LogP contribution in [0, 0.1) is 11.7 Å². The van der Waals surface area contributed by atoms with Gasteiger partial charge in [0.25, 0.3) is 0 Å². The molecule has 1 amide bonds. The molecular weight excluding hydrogens is 408 g/mol. The van der Waals surface area contributed by atoms with Crippen molar-refractivity contribution in [3.05, 3.63) is 82.9 Å². The fourth-order valence-corrected chi connectivity index (χ4v) is 3.60. The maximum absolute atomic E-state index is 12.7. The normalized spacial score (nSPS) is 10.9. The number of benzene rings is 2. The SMILES string of the molecule is Cc1ccc(-c2n[nH]c(=S)n2CCC(=O)N(C)Cc2cnn(-c3ccccc3)c2)cc1. The third kappa shape index (κ3) is 4.80. The average Bonchev–Trinajstić information content (AvgIpc) is 3.40. The van der Waals surface area contributed by atoms with E-state index in [4.69, 9.17) is 12.2 Å². The Morgan fingerprint density at radius 3 is 2.61 bits per heavy atom. The predicted molar refractivity (Wildman–Crippen MR) is 122 cm³/mol. The molecule has 0 unspecified atom stereocenters. The lowest BCUT2D eigenvalue weighted by Crippen LogP contribution is -2.27. The van der Waals surface area contributed by atoms with E-state index in [9.17, 15) is 4.79 Å². The van der Waals surface area contributed by atoms with Crippen molar-refractivity contribution in [1.29, 1.82) is 0 Å². The second kappa shape index (κ2) is 9.09. The van der Waals surface area contributed by atoms with Gasteiger partial charge in [0, 0.05) is 43.9 Å². The zero-order chi connectivity index (χ0) is 21.8. The van der Waals surface area contributed by atoms with Gasteiger partial charge < -0.3 is 4.90 Å². The molecule has 0 spiro atoms. The van der Waals surface area contributed by atoms with Crippen LogP contribution in [-0.4, -0.2) is 42.4 Å². The van der Waals surface area contributed by atoms with Gasteiger partial charge in [0.05, 0.1) is 11.9 Å². The van der Waals surface area contributed by atoms with Gasteiger partial charge >= 0.3 is 0 Å². The van der Waals surface area contributed by atoms with E-state index in [0.717, 1.165) is 22.6 Å². The number of nitrogens with zero attached hydrogens (tertiary/aromatic N) is 5. The molecule has 7 nitrogen and oxygen atoms in total. The second-order valence-corrected chi connectivity index (χ2v) is 7.89. The average molecular weight is 433 g/mol. The smallest absolute Gasteiger partial charge is 0.224 e. The molecule has 4 aromatic rings. The van der Waals surface area contributed by atoms with Crippen LogP contribution >= 0.6 is 12.2 Å². The number of nitrogens with one attached hydrogen (secondary N) is 1. The number of amides is 1. The highest BCUT2D eigenvalue weighted by Gasteiger charge is 2.14. The molecule has 0 bridgehead atoms. The lowest BCUT2D eigenvalue weighted by molar-refractivity contribution is -0.130. The number of hydrogen-bond acceptors (Lipinski definition) is 4. The minimum absolute atomic E-state index is 0.0328. The van der Waals surface area contributed by atoms with Crippen molar-refractivity contribution >= 4 is 18.1 Å². The first-order valence-electron chi connectivity index (χ1n) is 10.1. The molecule has 0 aliphatic carbocycles. The molecule has 0 aliphatic rings. The molecule has 0 saturated heterocycles. The van der Waals surface area contributed by atoms with Gasteiger partial charge in [-0.2, -0.15) is 10.2 Å². The molecule has 0 radical (unpaired) electrons. The molecule has 0 aliphatic heterocycles. The van der Waals surface area contributed by atoms with Gasteiger partial charge in [0.2, 0.25) is 5.91 Å². The van der Waals surface area contributed by atoms with Gasteiger partial charge in [-0.3, -0.25) is 14.5 Å². The zero-order valence-corrected chi connectivity index (χ0v) is 18.3. The van der Waals surface area contributed by atoms with Gasteiger partial charge in [-0.25, -0.2) is 4.68 Å². The minimum Gasteiger partial charge on any atom is -0.341 e. The van der Waals surface area contributed by atoms with Crippen molar-refractivity contribution in [1.82, 2.24) is 29.4 Å². The summed E-state index contributed by atoms with van der Waals surface area (Å²) in [5.74, 6) is 0.773. The Morgan fingerprint density at radius 2 is 1.87 bits per heavy atom. The molecule has 0 atom stereocenters. The lowest BCUT2D eigenvalue weighted by atomic mass is 10.1. The molecule has 2 aromatic carbocycles. The van der Waals surface area contributed by atoms with Gasteiger partial charge in [-0.15, -0.1) is 0 Å². The number of carbonyl (C=O) groups excluding carboxylic acids is 1. The summed E-state index contributed by atoms with van der Waals surface area (Å²) in [4.78, 5) is 14.5. The highest BCUT2D eigenvalue weighted by atomic mass is 32.1. The maximum Gasteiger partial charge on any atom is 0.224 e. The van der Waals surface area contributed by atoms with Crippen LogP contribution in [0.25, 0.3) is 17.1 Å². The standard InChI is InChI=1S/C23H24N6OS/c1-17-8-10-19(11-9-17)22-25-26-23(31)28(22)13-12-21(30)27(2)15-18-14-24-29(16-18)20-6-4-3-5-7-20/h3-11,14,16H,12-13,15H2,1-2H3,(H,26,31). The van der Waals surface area contributed by atoms with E-state index < -0.39 is 0 Å².